The fraction of sp³-hybridized carbons (Fsp3) is 1.00. The summed E-state index contributed by atoms with van der Waals surface area (Å²) in [4.78, 5) is 0. The van der Waals surface area contributed by atoms with Gasteiger partial charge in [0.1, 0.15) is 73.2 Å². The predicted molar refractivity (Wildman–Crippen MR) is 101 cm³/mol. The second kappa shape index (κ2) is 11.6. The second-order valence-corrected chi connectivity index (χ2v) is 8.42. The lowest BCUT2D eigenvalue weighted by Gasteiger charge is -2.43. The van der Waals surface area contributed by atoms with Crippen LogP contribution >= 0.6 is 0 Å². The lowest BCUT2D eigenvalue weighted by Crippen LogP contribution is -2.62. The Hall–Kier alpha value is -0.640. The van der Waals surface area contributed by atoms with Gasteiger partial charge in [-0.1, -0.05) is 0 Å². The summed E-state index contributed by atoms with van der Waals surface area (Å²) in [6, 6.07) is 0. The molecule has 3 fully saturated rings. The molecule has 0 aromatic heterocycles. The van der Waals surface area contributed by atoms with Gasteiger partial charge in [-0.25, -0.2) is 0 Å². The van der Waals surface area contributed by atoms with Crippen LogP contribution in [0.1, 0.15) is 0 Å². The van der Waals surface area contributed by atoms with Crippen molar-refractivity contribution in [1.82, 2.24) is 0 Å². The second-order valence-electron chi connectivity index (χ2n) is 8.42. The zero-order valence-electron chi connectivity index (χ0n) is 17.7. The molecule has 3 aliphatic rings. The number of hydrogen-bond acceptors (Lipinski definition) is 16. The molecule has 0 aromatic rings. The Morgan fingerprint density at radius 1 is 0.441 bits per heavy atom. The van der Waals surface area contributed by atoms with Gasteiger partial charge in [0.05, 0.1) is 19.8 Å². The van der Waals surface area contributed by atoms with Crippen LogP contribution < -0.4 is 0 Å². The van der Waals surface area contributed by atoms with Crippen LogP contribution in [-0.2, 0) is 23.7 Å². The Morgan fingerprint density at radius 3 is 1.29 bits per heavy atom. The summed E-state index contributed by atoms with van der Waals surface area (Å²) in [5.41, 5.74) is 0. The fourth-order valence-electron chi connectivity index (χ4n) is 3.84. The summed E-state index contributed by atoms with van der Waals surface area (Å²) >= 11 is 0. The largest absolute Gasteiger partial charge is 0.394 e. The maximum Gasteiger partial charge on any atom is 0.186 e. The topological polar surface area (TPSA) is 269 Å². The van der Waals surface area contributed by atoms with E-state index < -0.39 is 112 Å². The first-order chi connectivity index (χ1) is 16.0. The third-order valence-corrected chi connectivity index (χ3v) is 6.05. The summed E-state index contributed by atoms with van der Waals surface area (Å²) in [6.45, 7) is -1.84. The SMILES string of the molecule is OC[C@H]1O[C@H](OC[C@H]2O[C@H](OC[C@H]3O[C@@H](O)[C@H](O)[C@@H](O)[C@@H]3O)[C@H](O)[C@@H](O)[C@H]2O)[C@H](O)[C@@H](O)[C@H]1O. The Kier molecular flexibility index (Phi) is 9.54. The van der Waals surface area contributed by atoms with Crippen molar-refractivity contribution >= 4 is 0 Å². The number of ether oxygens (including phenoxy) is 5. The van der Waals surface area contributed by atoms with E-state index in [9.17, 15) is 56.2 Å². The Bertz CT molecular complexity index is 639. The lowest BCUT2D eigenvalue weighted by molar-refractivity contribution is -0.340. The molecule has 0 saturated carbocycles. The van der Waals surface area contributed by atoms with E-state index in [1.165, 1.54) is 0 Å². The Morgan fingerprint density at radius 2 is 0.824 bits per heavy atom. The molecule has 200 valence electrons. The van der Waals surface area contributed by atoms with Crippen LogP contribution in [0, 0.1) is 0 Å². The average molecular weight is 504 g/mol. The van der Waals surface area contributed by atoms with Crippen LogP contribution in [0.15, 0.2) is 0 Å². The van der Waals surface area contributed by atoms with Gasteiger partial charge in [0.25, 0.3) is 0 Å². The molecule has 15 atom stereocenters. The molecule has 0 aliphatic carbocycles. The van der Waals surface area contributed by atoms with Crippen LogP contribution in [0.3, 0.4) is 0 Å². The molecule has 16 nitrogen and oxygen atoms in total. The predicted octanol–water partition coefficient (Wildman–Crippen LogP) is -7.57. The maximum atomic E-state index is 10.2. The minimum absolute atomic E-state index is 0.570. The van der Waals surface area contributed by atoms with Crippen molar-refractivity contribution in [3.63, 3.8) is 0 Å². The van der Waals surface area contributed by atoms with Crippen LogP contribution in [0.2, 0.25) is 0 Å². The standard InChI is InChI=1S/C18H32O16/c19-1-4-7(20)11(24)14(27)17(33-4)31-3-6-9(22)12(25)15(28)18(34-6)30-2-5-8(21)10(23)13(26)16(29)32-5/h4-29H,1-3H2/t4-,5-,6-,7+,8-,9+,10+,11+,12+,13-,14-,15-,16-,17+,18+/m1/s1. The number of rotatable bonds is 7. The van der Waals surface area contributed by atoms with E-state index in [-0.39, 0.29) is 0 Å². The van der Waals surface area contributed by atoms with Crippen molar-refractivity contribution in [2.45, 2.75) is 92.1 Å². The maximum absolute atomic E-state index is 10.2. The van der Waals surface area contributed by atoms with E-state index in [0.29, 0.717) is 0 Å². The zero-order chi connectivity index (χ0) is 25.3. The molecular formula is C18H32O16. The van der Waals surface area contributed by atoms with Crippen molar-refractivity contribution in [2.24, 2.45) is 0 Å². The summed E-state index contributed by atoms with van der Waals surface area (Å²) in [7, 11) is 0. The molecule has 3 rings (SSSR count). The van der Waals surface area contributed by atoms with Gasteiger partial charge in [0.15, 0.2) is 18.9 Å². The molecule has 0 bridgehead atoms. The van der Waals surface area contributed by atoms with Crippen molar-refractivity contribution in [3.8, 4) is 0 Å². The molecule has 3 saturated heterocycles. The van der Waals surface area contributed by atoms with Gasteiger partial charge in [0.2, 0.25) is 0 Å². The highest BCUT2D eigenvalue weighted by molar-refractivity contribution is 4.92. The molecule has 0 spiro atoms. The first-order valence-electron chi connectivity index (χ1n) is 10.6. The van der Waals surface area contributed by atoms with Gasteiger partial charge >= 0.3 is 0 Å². The summed E-state index contributed by atoms with van der Waals surface area (Å²) in [5, 5.41) is 108. The monoisotopic (exact) mass is 504 g/mol. The van der Waals surface area contributed by atoms with Crippen LogP contribution in [0.25, 0.3) is 0 Å². The molecule has 3 heterocycles. The van der Waals surface area contributed by atoms with E-state index >= 15 is 0 Å². The molecule has 0 radical (unpaired) electrons. The highest BCUT2D eigenvalue weighted by Crippen LogP contribution is 2.27. The first-order valence-corrected chi connectivity index (χ1v) is 10.6. The van der Waals surface area contributed by atoms with Crippen molar-refractivity contribution in [1.29, 1.82) is 0 Å². The molecule has 0 aromatic carbocycles. The molecule has 0 unspecified atom stereocenters. The Balaban J connectivity index is 1.58. The van der Waals surface area contributed by atoms with E-state index in [4.69, 9.17) is 23.7 Å². The van der Waals surface area contributed by atoms with Crippen LogP contribution in [-0.4, -0.2) is 168 Å². The minimum atomic E-state index is -1.82. The van der Waals surface area contributed by atoms with E-state index in [2.05, 4.69) is 0 Å². The first kappa shape index (κ1) is 27.9. The quantitative estimate of drug-likeness (QED) is 0.154. The van der Waals surface area contributed by atoms with Gasteiger partial charge in [-0.3, -0.25) is 0 Å². The Labute approximate surface area is 192 Å². The third kappa shape index (κ3) is 5.68. The van der Waals surface area contributed by atoms with Crippen molar-refractivity contribution < 1.29 is 79.9 Å². The van der Waals surface area contributed by atoms with E-state index in [0.717, 1.165) is 0 Å². The third-order valence-electron chi connectivity index (χ3n) is 6.05. The normalized spacial score (nSPS) is 52.5. The highest BCUT2D eigenvalue weighted by atomic mass is 16.7. The number of aliphatic hydroxyl groups is 11. The highest BCUT2D eigenvalue weighted by Gasteiger charge is 2.48. The van der Waals surface area contributed by atoms with E-state index in [1.54, 1.807) is 0 Å². The van der Waals surface area contributed by atoms with Crippen LogP contribution in [0.4, 0.5) is 0 Å². The van der Waals surface area contributed by atoms with Crippen LogP contribution in [0.5, 0.6) is 0 Å². The van der Waals surface area contributed by atoms with E-state index in [1.807, 2.05) is 0 Å². The smallest absolute Gasteiger partial charge is 0.186 e. The van der Waals surface area contributed by atoms with Crippen molar-refractivity contribution in [2.75, 3.05) is 19.8 Å². The summed E-state index contributed by atoms with van der Waals surface area (Å²) in [6.07, 6.45) is -24.4. The number of hydrogen-bond donors (Lipinski definition) is 11. The lowest BCUT2D eigenvalue weighted by atomic mass is 9.98. The summed E-state index contributed by atoms with van der Waals surface area (Å²) in [5.74, 6) is 0. The van der Waals surface area contributed by atoms with Gasteiger partial charge in [-0.05, 0) is 0 Å². The molecule has 0 amide bonds. The molecular weight excluding hydrogens is 472 g/mol. The fourth-order valence-corrected chi connectivity index (χ4v) is 3.84. The van der Waals surface area contributed by atoms with Gasteiger partial charge in [-0.15, -0.1) is 0 Å². The van der Waals surface area contributed by atoms with Gasteiger partial charge in [0, 0.05) is 0 Å². The summed E-state index contributed by atoms with van der Waals surface area (Å²) < 4.78 is 26.1. The van der Waals surface area contributed by atoms with Crippen molar-refractivity contribution in [3.05, 3.63) is 0 Å². The molecule has 11 N–H and O–H groups in total. The number of aliphatic hydroxyl groups excluding tert-OH is 11. The van der Waals surface area contributed by atoms with Gasteiger partial charge < -0.3 is 79.9 Å². The minimum Gasteiger partial charge on any atom is -0.394 e. The molecule has 34 heavy (non-hydrogen) atoms. The van der Waals surface area contributed by atoms with Gasteiger partial charge in [-0.2, -0.15) is 0 Å². The average Bonchev–Trinajstić information content (AvgIpc) is 2.82. The molecule has 16 heteroatoms. The molecule has 3 aliphatic heterocycles. The zero-order valence-corrected chi connectivity index (χ0v) is 17.7.